The molecule has 0 saturated carbocycles. The van der Waals surface area contributed by atoms with Gasteiger partial charge in [0.1, 0.15) is 17.3 Å². The molecule has 25 heavy (non-hydrogen) atoms. The number of nitro groups is 1. The molecule has 1 amide bonds. The highest BCUT2D eigenvalue weighted by atomic mass is 19.1. The Morgan fingerprint density at radius 1 is 1.28 bits per heavy atom. The molecule has 2 aromatic carbocycles. The highest BCUT2D eigenvalue weighted by molar-refractivity contribution is 5.95. The van der Waals surface area contributed by atoms with E-state index in [4.69, 9.17) is 0 Å². The summed E-state index contributed by atoms with van der Waals surface area (Å²) in [5.41, 5.74) is 0.833. The minimum absolute atomic E-state index is 0.0453. The summed E-state index contributed by atoms with van der Waals surface area (Å²) in [6.07, 6.45) is 0.383. The molecule has 0 aromatic heterocycles. The normalized spacial score (nSPS) is 12.8. The Balaban J connectivity index is 1.65. The summed E-state index contributed by atoms with van der Waals surface area (Å²) in [6.45, 7) is 0.466. The Labute approximate surface area is 142 Å². The summed E-state index contributed by atoms with van der Waals surface area (Å²) >= 11 is 0. The van der Waals surface area contributed by atoms with E-state index in [2.05, 4.69) is 5.32 Å². The van der Waals surface area contributed by atoms with Crippen molar-refractivity contribution in [2.24, 2.45) is 0 Å². The highest BCUT2D eigenvalue weighted by Crippen LogP contribution is 2.31. The summed E-state index contributed by atoms with van der Waals surface area (Å²) in [5.74, 6) is -1.67. The van der Waals surface area contributed by atoms with Crippen LogP contribution in [0.4, 0.5) is 25.8 Å². The number of hydrogen-bond donors (Lipinski definition) is 1. The van der Waals surface area contributed by atoms with Crippen LogP contribution in [-0.4, -0.2) is 23.9 Å². The third kappa shape index (κ3) is 3.42. The Hall–Kier alpha value is -3.03. The van der Waals surface area contributed by atoms with Gasteiger partial charge in [-0.05, 0) is 18.6 Å². The molecular weight excluding hydrogens is 332 g/mol. The maximum Gasteiger partial charge on any atom is 0.292 e. The van der Waals surface area contributed by atoms with E-state index < -0.39 is 16.6 Å². The number of benzene rings is 2. The van der Waals surface area contributed by atoms with Crippen molar-refractivity contribution in [1.82, 2.24) is 0 Å². The molecule has 6 nitrogen and oxygen atoms in total. The molecule has 2 aromatic rings. The van der Waals surface area contributed by atoms with Crippen LogP contribution >= 0.6 is 0 Å². The lowest BCUT2D eigenvalue weighted by Crippen LogP contribution is -2.30. The molecule has 1 aliphatic rings. The molecule has 1 aliphatic heterocycles. The van der Waals surface area contributed by atoms with E-state index >= 15 is 0 Å². The van der Waals surface area contributed by atoms with Gasteiger partial charge in [-0.3, -0.25) is 14.9 Å². The number of nitrogens with one attached hydrogen (secondary N) is 1. The molecule has 0 fully saturated rings. The fourth-order valence-electron chi connectivity index (χ4n) is 2.90. The van der Waals surface area contributed by atoms with Gasteiger partial charge in [-0.25, -0.2) is 8.78 Å². The Kier molecular flexibility index (Phi) is 4.60. The second-order valence-electron chi connectivity index (χ2n) is 5.63. The first kappa shape index (κ1) is 16.8. The van der Waals surface area contributed by atoms with Gasteiger partial charge in [-0.2, -0.15) is 0 Å². The van der Waals surface area contributed by atoms with Crippen LogP contribution in [-0.2, 0) is 11.2 Å². The number of carbonyl (C=O) groups is 1. The van der Waals surface area contributed by atoms with E-state index in [9.17, 15) is 23.7 Å². The predicted octanol–water partition coefficient (Wildman–Crippen LogP) is 3.26. The van der Waals surface area contributed by atoms with E-state index in [1.807, 2.05) is 0 Å². The number of carbonyl (C=O) groups excluding carboxylic acids is 1. The highest BCUT2D eigenvalue weighted by Gasteiger charge is 2.27. The van der Waals surface area contributed by atoms with Crippen molar-refractivity contribution < 1.29 is 18.5 Å². The number of hydrogen-bond acceptors (Lipinski definition) is 4. The maximum absolute atomic E-state index is 13.7. The van der Waals surface area contributed by atoms with Crippen LogP contribution in [0.25, 0.3) is 0 Å². The van der Waals surface area contributed by atoms with Crippen LogP contribution in [0, 0.1) is 21.7 Å². The van der Waals surface area contributed by atoms with Crippen LogP contribution in [0.3, 0.4) is 0 Å². The number of rotatable bonds is 5. The first-order valence-electron chi connectivity index (χ1n) is 7.73. The summed E-state index contributed by atoms with van der Waals surface area (Å²) in [6, 6.07) is 8.09. The second kappa shape index (κ2) is 6.84. The molecular formula is C17H15F2N3O3. The fraction of sp³-hybridized carbons (Fsp3) is 0.235. The van der Waals surface area contributed by atoms with Gasteiger partial charge < -0.3 is 10.2 Å². The lowest BCUT2D eigenvalue weighted by atomic mass is 10.1. The van der Waals surface area contributed by atoms with Gasteiger partial charge in [-0.15, -0.1) is 0 Å². The van der Waals surface area contributed by atoms with Crippen molar-refractivity contribution in [3.05, 3.63) is 63.7 Å². The van der Waals surface area contributed by atoms with Gasteiger partial charge in [0, 0.05) is 37.2 Å². The lowest BCUT2D eigenvalue weighted by Gasteiger charge is -2.18. The average Bonchev–Trinajstić information content (AvgIpc) is 2.99. The smallest absolute Gasteiger partial charge is 0.292 e. The second-order valence-corrected chi connectivity index (χ2v) is 5.63. The van der Waals surface area contributed by atoms with Crippen LogP contribution in [0.15, 0.2) is 36.4 Å². The van der Waals surface area contributed by atoms with Crippen LogP contribution in [0.2, 0.25) is 0 Å². The zero-order chi connectivity index (χ0) is 18.0. The van der Waals surface area contributed by atoms with Crippen LogP contribution in [0.5, 0.6) is 0 Å². The first-order valence-corrected chi connectivity index (χ1v) is 7.73. The number of fused-ring (bicyclic) bond motifs is 1. The molecule has 3 rings (SSSR count). The van der Waals surface area contributed by atoms with E-state index in [0.29, 0.717) is 24.2 Å². The quantitative estimate of drug-likeness (QED) is 0.665. The standard InChI is InChI=1S/C17H15F2N3O3/c18-11-9-13(19)12-6-8-21(16(12)10-11)17(23)5-7-20-14-3-1-2-4-15(14)22(24)25/h1-4,9-10,20H,5-8H2. The van der Waals surface area contributed by atoms with Crippen molar-refractivity contribution >= 4 is 23.0 Å². The Bertz CT molecular complexity index is 842. The van der Waals surface area contributed by atoms with Gasteiger partial charge in [0.2, 0.25) is 5.91 Å². The van der Waals surface area contributed by atoms with Crippen molar-refractivity contribution in [2.75, 3.05) is 23.3 Å². The topological polar surface area (TPSA) is 75.5 Å². The number of nitro benzene ring substituents is 1. The lowest BCUT2D eigenvalue weighted by molar-refractivity contribution is -0.384. The number of amides is 1. The largest absolute Gasteiger partial charge is 0.379 e. The number of para-hydroxylation sites is 2. The molecule has 1 heterocycles. The number of halogens is 2. The molecule has 0 bridgehead atoms. The van der Waals surface area contributed by atoms with E-state index in [0.717, 1.165) is 12.1 Å². The minimum Gasteiger partial charge on any atom is -0.379 e. The average molecular weight is 347 g/mol. The fourth-order valence-corrected chi connectivity index (χ4v) is 2.90. The maximum atomic E-state index is 13.7. The molecule has 0 unspecified atom stereocenters. The van der Waals surface area contributed by atoms with Gasteiger partial charge in [0.05, 0.1) is 10.6 Å². The molecule has 0 aliphatic carbocycles. The summed E-state index contributed by atoms with van der Waals surface area (Å²) in [5, 5.41) is 13.8. The van der Waals surface area contributed by atoms with Gasteiger partial charge in [0.25, 0.3) is 5.69 Å². The van der Waals surface area contributed by atoms with Gasteiger partial charge in [-0.1, -0.05) is 12.1 Å². The zero-order valence-electron chi connectivity index (χ0n) is 13.2. The number of anilines is 2. The van der Waals surface area contributed by atoms with Crippen molar-refractivity contribution in [3.63, 3.8) is 0 Å². The van der Waals surface area contributed by atoms with Gasteiger partial charge in [0.15, 0.2) is 0 Å². The van der Waals surface area contributed by atoms with Crippen molar-refractivity contribution in [3.8, 4) is 0 Å². The van der Waals surface area contributed by atoms with Crippen molar-refractivity contribution in [1.29, 1.82) is 0 Å². The van der Waals surface area contributed by atoms with Crippen LogP contribution in [0.1, 0.15) is 12.0 Å². The Morgan fingerprint density at radius 2 is 2.04 bits per heavy atom. The number of nitrogens with zero attached hydrogens (tertiary/aromatic N) is 2. The van der Waals surface area contributed by atoms with Gasteiger partial charge >= 0.3 is 0 Å². The molecule has 8 heteroatoms. The molecule has 1 N–H and O–H groups in total. The van der Waals surface area contributed by atoms with E-state index in [-0.39, 0.29) is 30.2 Å². The summed E-state index contributed by atoms with van der Waals surface area (Å²) < 4.78 is 27.1. The minimum atomic E-state index is -0.728. The third-order valence-electron chi connectivity index (χ3n) is 4.07. The first-order chi connectivity index (χ1) is 12.0. The molecule has 0 saturated heterocycles. The molecule has 0 radical (unpaired) electrons. The monoisotopic (exact) mass is 347 g/mol. The zero-order valence-corrected chi connectivity index (χ0v) is 13.2. The van der Waals surface area contributed by atoms with E-state index in [1.54, 1.807) is 18.2 Å². The predicted molar refractivity (Wildman–Crippen MR) is 88.6 cm³/mol. The Morgan fingerprint density at radius 3 is 2.80 bits per heavy atom. The molecule has 0 atom stereocenters. The third-order valence-corrected chi connectivity index (χ3v) is 4.07. The summed E-state index contributed by atoms with van der Waals surface area (Å²) in [4.78, 5) is 24.1. The molecule has 0 spiro atoms. The van der Waals surface area contributed by atoms with Crippen molar-refractivity contribution in [2.45, 2.75) is 12.8 Å². The van der Waals surface area contributed by atoms with E-state index in [1.165, 1.54) is 11.0 Å². The molecule has 130 valence electrons. The SMILES string of the molecule is O=C(CCNc1ccccc1[N+](=O)[O-])N1CCc2c(F)cc(F)cc21. The van der Waals surface area contributed by atoms with Crippen LogP contribution < -0.4 is 10.2 Å². The summed E-state index contributed by atoms with van der Waals surface area (Å²) in [7, 11) is 0.